The maximum Gasteiger partial charge on any atom is 0.416 e. The van der Waals surface area contributed by atoms with E-state index in [0.717, 1.165) is 17.1 Å². The number of aromatic amines is 1. The highest BCUT2D eigenvalue weighted by molar-refractivity contribution is 5.75. The number of benzene rings is 1. The fourth-order valence-corrected chi connectivity index (χ4v) is 4.33. The van der Waals surface area contributed by atoms with Crippen molar-refractivity contribution in [1.29, 1.82) is 0 Å². The molecule has 0 saturated heterocycles. The summed E-state index contributed by atoms with van der Waals surface area (Å²) in [5.41, 5.74) is 1.80. The van der Waals surface area contributed by atoms with E-state index in [1.165, 1.54) is 6.07 Å². The van der Waals surface area contributed by atoms with E-state index in [2.05, 4.69) is 9.97 Å². The standard InChI is InChI=1S/C22H21F3N2O/c1-13-6-7-16-12-18(21(28)27-20(16)26-13)15-10-8-14(9-11-15)17-4-2-3-5-19(17)22(23,24)25/h2-7,12,14-15H,8-11H2,1H3,(H,26,27,28). The third-order valence-electron chi connectivity index (χ3n) is 5.74. The van der Waals surface area contributed by atoms with Crippen LogP contribution in [0.15, 0.2) is 47.3 Å². The summed E-state index contributed by atoms with van der Waals surface area (Å²) in [6.07, 6.45) is -1.66. The summed E-state index contributed by atoms with van der Waals surface area (Å²) >= 11 is 0. The maximum absolute atomic E-state index is 13.3. The Hall–Kier alpha value is -2.63. The third kappa shape index (κ3) is 3.55. The molecule has 0 bridgehead atoms. The molecule has 1 N–H and O–H groups in total. The molecular formula is C22H21F3N2O. The first-order valence-electron chi connectivity index (χ1n) is 9.49. The summed E-state index contributed by atoms with van der Waals surface area (Å²) in [5, 5.41) is 0.879. The first kappa shape index (κ1) is 18.7. The van der Waals surface area contributed by atoms with E-state index in [9.17, 15) is 18.0 Å². The summed E-state index contributed by atoms with van der Waals surface area (Å²) in [6.45, 7) is 1.87. The molecule has 0 aliphatic heterocycles. The Morgan fingerprint density at radius 1 is 0.964 bits per heavy atom. The number of H-pyrrole nitrogens is 1. The molecule has 0 radical (unpaired) electrons. The van der Waals surface area contributed by atoms with Crippen molar-refractivity contribution in [2.24, 2.45) is 0 Å². The number of aromatic nitrogens is 2. The average Bonchev–Trinajstić information content (AvgIpc) is 2.67. The van der Waals surface area contributed by atoms with Crippen LogP contribution in [0.4, 0.5) is 13.2 Å². The van der Waals surface area contributed by atoms with Gasteiger partial charge in [0.15, 0.2) is 0 Å². The minimum atomic E-state index is -4.34. The zero-order chi connectivity index (χ0) is 19.9. The van der Waals surface area contributed by atoms with Gasteiger partial charge in [-0.3, -0.25) is 4.79 Å². The van der Waals surface area contributed by atoms with Gasteiger partial charge in [-0.2, -0.15) is 13.2 Å². The van der Waals surface area contributed by atoms with Crippen LogP contribution in [0.25, 0.3) is 11.0 Å². The van der Waals surface area contributed by atoms with Gasteiger partial charge in [0.2, 0.25) is 0 Å². The first-order chi connectivity index (χ1) is 13.3. The number of alkyl halides is 3. The van der Waals surface area contributed by atoms with Crippen molar-refractivity contribution < 1.29 is 13.2 Å². The van der Waals surface area contributed by atoms with Gasteiger partial charge in [0.05, 0.1) is 5.56 Å². The van der Waals surface area contributed by atoms with Crippen LogP contribution in [0, 0.1) is 6.92 Å². The normalized spacial score (nSPS) is 20.4. The van der Waals surface area contributed by atoms with Crippen LogP contribution in [-0.2, 0) is 6.18 Å². The van der Waals surface area contributed by atoms with Crippen LogP contribution in [0.1, 0.15) is 59.9 Å². The average molecular weight is 386 g/mol. The molecule has 1 aliphatic rings. The summed E-state index contributed by atoms with van der Waals surface area (Å²) in [5.74, 6) is -0.0679. The summed E-state index contributed by atoms with van der Waals surface area (Å²) < 4.78 is 40.0. The van der Waals surface area contributed by atoms with Crippen molar-refractivity contribution >= 4 is 11.0 Å². The van der Waals surface area contributed by atoms with Gasteiger partial charge in [-0.15, -0.1) is 0 Å². The lowest BCUT2D eigenvalue weighted by molar-refractivity contribution is -0.138. The summed E-state index contributed by atoms with van der Waals surface area (Å²) in [4.78, 5) is 19.7. The first-order valence-corrected chi connectivity index (χ1v) is 9.49. The quantitative estimate of drug-likeness (QED) is 0.615. The monoisotopic (exact) mass is 386 g/mol. The number of nitrogens with one attached hydrogen (secondary N) is 1. The molecule has 1 aliphatic carbocycles. The highest BCUT2D eigenvalue weighted by atomic mass is 19.4. The number of halogens is 3. The van der Waals surface area contributed by atoms with Crippen molar-refractivity contribution in [1.82, 2.24) is 9.97 Å². The fraction of sp³-hybridized carbons (Fsp3) is 0.364. The van der Waals surface area contributed by atoms with Crippen LogP contribution in [-0.4, -0.2) is 9.97 Å². The highest BCUT2D eigenvalue weighted by Crippen LogP contribution is 2.43. The van der Waals surface area contributed by atoms with E-state index < -0.39 is 11.7 Å². The second kappa shape index (κ2) is 7.08. The van der Waals surface area contributed by atoms with Gasteiger partial charge < -0.3 is 4.98 Å². The molecule has 0 atom stereocenters. The van der Waals surface area contributed by atoms with E-state index >= 15 is 0 Å². The molecule has 0 unspecified atom stereocenters. The largest absolute Gasteiger partial charge is 0.416 e. The van der Waals surface area contributed by atoms with Crippen LogP contribution >= 0.6 is 0 Å². The van der Waals surface area contributed by atoms with Gasteiger partial charge in [-0.25, -0.2) is 4.98 Å². The van der Waals surface area contributed by atoms with Crippen molar-refractivity contribution in [3.05, 3.63) is 75.2 Å². The zero-order valence-corrected chi connectivity index (χ0v) is 15.5. The van der Waals surface area contributed by atoms with Crippen LogP contribution in [0.3, 0.4) is 0 Å². The van der Waals surface area contributed by atoms with E-state index in [-0.39, 0.29) is 17.4 Å². The number of pyridine rings is 2. The van der Waals surface area contributed by atoms with Crippen LogP contribution in [0.2, 0.25) is 0 Å². The van der Waals surface area contributed by atoms with Crippen molar-refractivity contribution in [2.45, 2.75) is 50.6 Å². The van der Waals surface area contributed by atoms with Gasteiger partial charge in [0, 0.05) is 16.6 Å². The van der Waals surface area contributed by atoms with Gasteiger partial charge in [-0.05, 0) is 74.3 Å². The number of rotatable bonds is 2. The van der Waals surface area contributed by atoms with E-state index in [1.807, 2.05) is 25.1 Å². The predicted octanol–water partition coefficient (Wildman–Crippen LogP) is 5.69. The van der Waals surface area contributed by atoms with E-state index in [1.54, 1.807) is 12.1 Å². The van der Waals surface area contributed by atoms with Gasteiger partial charge in [0.25, 0.3) is 5.56 Å². The molecule has 2 aromatic heterocycles. The summed E-state index contributed by atoms with van der Waals surface area (Å²) in [7, 11) is 0. The maximum atomic E-state index is 13.3. The topological polar surface area (TPSA) is 45.8 Å². The number of hydrogen-bond donors (Lipinski definition) is 1. The lowest BCUT2D eigenvalue weighted by Gasteiger charge is -2.30. The molecule has 28 heavy (non-hydrogen) atoms. The molecule has 3 nitrogen and oxygen atoms in total. The van der Waals surface area contributed by atoms with E-state index in [4.69, 9.17) is 0 Å². The van der Waals surface area contributed by atoms with Crippen molar-refractivity contribution in [3.8, 4) is 0 Å². The molecule has 146 valence electrons. The predicted molar refractivity (Wildman–Crippen MR) is 102 cm³/mol. The second-order valence-electron chi connectivity index (χ2n) is 7.58. The minimum Gasteiger partial charge on any atom is -0.306 e. The van der Waals surface area contributed by atoms with Gasteiger partial charge in [0.1, 0.15) is 5.65 Å². The van der Waals surface area contributed by atoms with Crippen LogP contribution < -0.4 is 5.56 Å². The Bertz CT molecular complexity index is 1060. The molecule has 4 rings (SSSR count). The molecule has 1 fully saturated rings. The minimum absolute atomic E-state index is 0.0590. The molecule has 6 heteroatoms. The van der Waals surface area contributed by atoms with E-state index in [0.29, 0.717) is 42.5 Å². The Morgan fingerprint density at radius 3 is 2.29 bits per heavy atom. The number of fused-ring (bicyclic) bond motifs is 1. The molecule has 1 saturated carbocycles. The van der Waals surface area contributed by atoms with Gasteiger partial charge >= 0.3 is 6.18 Å². The highest BCUT2D eigenvalue weighted by Gasteiger charge is 2.36. The fourth-order valence-electron chi connectivity index (χ4n) is 4.33. The Balaban J connectivity index is 1.57. The Morgan fingerprint density at radius 2 is 1.61 bits per heavy atom. The molecule has 0 amide bonds. The van der Waals surface area contributed by atoms with Crippen LogP contribution in [0.5, 0.6) is 0 Å². The number of aryl methyl sites for hydroxylation is 1. The lowest BCUT2D eigenvalue weighted by atomic mass is 9.75. The molecule has 2 heterocycles. The Labute approximate surface area is 160 Å². The zero-order valence-electron chi connectivity index (χ0n) is 15.5. The molecule has 3 aromatic rings. The van der Waals surface area contributed by atoms with Gasteiger partial charge in [-0.1, -0.05) is 18.2 Å². The molecule has 0 spiro atoms. The third-order valence-corrected chi connectivity index (χ3v) is 5.74. The molecular weight excluding hydrogens is 365 g/mol. The Kier molecular flexibility index (Phi) is 4.73. The second-order valence-corrected chi connectivity index (χ2v) is 7.58. The number of hydrogen-bond acceptors (Lipinski definition) is 2. The number of nitrogens with zero attached hydrogens (tertiary/aromatic N) is 1. The SMILES string of the molecule is Cc1ccc2cc(C3CCC(c4ccccc4C(F)(F)F)CC3)c(=O)[nH]c2n1. The van der Waals surface area contributed by atoms with Crippen molar-refractivity contribution in [2.75, 3.05) is 0 Å². The smallest absolute Gasteiger partial charge is 0.306 e. The van der Waals surface area contributed by atoms with Crippen molar-refractivity contribution in [3.63, 3.8) is 0 Å². The lowest BCUT2D eigenvalue weighted by Crippen LogP contribution is -2.21. The summed E-state index contributed by atoms with van der Waals surface area (Å²) in [6, 6.07) is 11.6. The molecule has 1 aromatic carbocycles.